The molecule has 4 rings (SSSR count). The molecule has 0 spiro atoms. The molecule has 45 heavy (non-hydrogen) atoms. The highest BCUT2D eigenvalue weighted by Gasteiger charge is 2.41. The van der Waals surface area contributed by atoms with E-state index >= 15 is 0 Å². The predicted octanol–water partition coefficient (Wildman–Crippen LogP) is 2.01. The van der Waals surface area contributed by atoms with Crippen molar-refractivity contribution in [2.45, 2.75) is 28.8 Å². The fourth-order valence-corrected chi connectivity index (χ4v) is 5.09. The Morgan fingerprint density at radius 2 is 1.67 bits per heavy atom. The second-order valence-electron chi connectivity index (χ2n) is 8.82. The molecule has 1 aliphatic rings. The Labute approximate surface area is 262 Å². The standard InChI is InChI=1S/C23H17Cl2N7O11S2/c24-14-10-26-31(21(34)18(14)25)8-7-17(33)27-11-1-6-15(16(9-11)45(41,42)43)28-29-19-20(23(36)37)30-32(22(19)35)12-2-4-13(5-3-12)44(38,39)40/h1-6,9-10,19H,7-8H2,(H,27,33)(H,36,37)(H,38,39,40)(H,41,42,43). The van der Waals surface area contributed by atoms with Crippen LogP contribution in [0.25, 0.3) is 0 Å². The molecule has 0 saturated carbocycles. The lowest BCUT2D eigenvalue weighted by Crippen LogP contribution is -2.33. The van der Waals surface area contributed by atoms with Crippen LogP contribution in [0.5, 0.6) is 0 Å². The number of carbonyl (C=O) groups is 3. The first-order chi connectivity index (χ1) is 21.0. The number of nitrogens with zero attached hydrogens (tertiary/aromatic N) is 6. The zero-order valence-electron chi connectivity index (χ0n) is 22.0. The first-order valence-electron chi connectivity index (χ1n) is 11.9. The number of hydrogen-bond acceptors (Lipinski definition) is 12. The van der Waals surface area contributed by atoms with Crippen LogP contribution in [0.4, 0.5) is 17.1 Å². The number of hydrogen-bond donors (Lipinski definition) is 4. The second-order valence-corrected chi connectivity index (χ2v) is 12.4. The first-order valence-corrected chi connectivity index (χ1v) is 15.6. The van der Waals surface area contributed by atoms with E-state index in [0.29, 0.717) is 5.01 Å². The number of aromatic nitrogens is 2. The molecule has 1 aliphatic heterocycles. The molecule has 0 radical (unpaired) electrons. The van der Waals surface area contributed by atoms with E-state index in [1.807, 2.05) is 0 Å². The van der Waals surface area contributed by atoms with Crippen LogP contribution in [0, 0.1) is 0 Å². The summed E-state index contributed by atoms with van der Waals surface area (Å²) in [6, 6.07) is 5.08. The van der Waals surface area contributed by atoms with E-state index in [1.54, 1.807) is 0 Å². The monoisotopic (exact) mass is 701 g/mol. The van der Waals surface area contributed by atoms with Crippen molar-refractivity contribution in [2.75, 3.05) is 10.3 Å². The maximum atomic E-state index is 13.0. The fraction of sp³-hybridized carbons (Fsp3) is 0.130. The van der Waals surface area contributed by atoms with Gasteiger partial charge in [-0.25, -0.2) is 9.48 Å². The third-order valence-electron chi connectivity index (χ3n) is 5.80. The van der Waals surface area contributed by atoms with Gasteiger partial charge in [-0.05, 0) is 42.5 Å². The molecule has 1 aromatic heterocycles. The number of anilines is 2. The molecule has 3 aromatic rings. The molecule has 0 fully saturated rings. The second kappa shape index (κ2) is 12.8. The molecule has 2 aromatic carbocycles. The first kappa shape index (κ1) is 33.3. The number of hydrazone groups is 1. The van der Waals surface area contributed by atoms with Gasteiger partial charge in [0.1, 0.15) is 15.6 Å². The van der Waals surface area contributed by atoms with E-state index < -0.39 is 70.8 Å². The summed E-state index contributed by atoms with van der Waals surface area (Å²) in [5.41, 5.74) is -2.34. The van der Waals surface area contributed by atoms with Gasteiger partial charge in [0.05, 0.1) is 28.3 Å². The Kier molecular flexibility index (Phi) is 9.46. The molecule has 236 valence electrons. The van der Waals surface area contributed by atoms with E-state index in [9.17, 15) is 45.7 Å². The van der Waals surface area contributed by atoms with Crippen LogP contribution >= 0.6 is 23.2 Å². The Balaban J connectivity index is 1.55. The van der Waals surface area contributed by atoms with Crippen LogP contribution in [0.1, 0.15) is 6.42 Å². The molecule has 0 saturated heterocycles. The van der Waals surface area contributed by atoms with Crippen molar-refractivity contribution in [1.82, 2.24) is 9.78 Å². The lowest BCUT2D eigenvalue weighted by atomic mass is 10.2. The minimum Gasteiger partial charge on any atom is -0.477 e. The van der Waals surface area contributed by atoms with E-state index in [0.717, 1.165) is 53.3 Å². The van der Waals surface area contributed by atoms with Gasteiger partial charge in [-0.1, -0.05) is 23.2 Å². The Morgan fingerprint density at radius 3 is 2.27 bits per heavy atom. The maximum Gasteiger partial charge on any atom is 0.355 e. The number of nitrogens with one attached hydrogen (secondary N) is 1. The Bertz CT molecular complexity index is 2070. The number of amides is 2. The van der Waals surface area contributed by atoms with Gasteiger partial charge in [0.2, 0.25) is 11.9 Å². The summed E-state index contributed by atoms with van der Waals surface area (Å²) in [4.78, 5) is 47.9. The lowest BCUT2D eigenvalue weighted by Gasteiger charge is -2.12. The van der Waals surface area contributed by atoms with Crippen molar-refractivity contribution >= 4 is 84.0 Å². The van der Waals surface area contributed by atoms with Crippen molar-refractivity contribution in [3.05, 3.63) is 69.1 Å². The average molecular weight is 702 g/mol. The number of rotatable bonds is 10. The van der Waals surface area contributed by atoms with Gasteiger partial charge in [0.25, 0.3) is 31.7 Å². The number of carbonyl (C=O) groups excluding carboxylic acids is 2. The summed E-state index contributed by atoms with van der Waals surface area (Å²) < 4.78 is 66.5. The molecule has 1 unspecified atom stereocenters. The lowest BCUT2D eigenvalue weighted by molar-refractivity contribution is -0.130. The van der Waals surface area contributed by atoms with E-state index in [2.05, 4.69) is 25.7 Å². The highest BCUT2D eigenvalue weighted by Crippen LogP contribution is 2.30. The maximum absolute atomic E-state index is 13.0. The number of aliphatic carboxylic acids is 1. The van der Waals surface area contributed by atoms with Gasteiger partial charge >= 0.3 is 5.97 Å². The smallest absolute Gasteiger partial charge is 0.355 e. The average Bonchev–Trinajstić information content (AvgIpc) is 3.30. The van der Waals surface area contributed by atoms with Crippen LogP contribution in [-0.2, 0) is 41.2 Å². The topological polar surface area (TPSA) is 267 Å². The Morgan fingerprint density at radius 1 is 1.00 bits per heavy atom. The number of aryl methyl sites for hydroxylation is 1. The van der Waals surface area contributed by atoms with Crippen molar-refractivity contribution in [1.29, 1.82) is 0 Å². The quantitative estimate of drug-likeness (QED) is 0.175. The third-order valence-corrected chi connectivity index (χ3v) is 8.30. The van der Waals surface area contributed by atoms with Gasteiger partial charge < -0.3 is 10.4 Å². The minimum absolute atomic E-state index is 0.0773. The minimum atomic E-state index is -5.02. The van der Waals surface area contributed by atoms with Crippen LogP contribution in [0.15, 0.2) is 78.6 Å². The number of azo groups is 1. The van der Waals surface area contributed by atoms with Crippen molar-refractivity contribution in [2.24, 2.45) is 15.3 Å². The number of carboxylic acid groups (broad SMARTS) is 1. The third kappa shape index (κ3) is 7.56. The molecule has 2 amide bonds. The Hall–Kier alpha value is -4.60. The number of halogens is 2. The molecule has 4 N–H and O–H groups in total. The van der Waals surface area contributed by atoms with Gasteiger partial charge in [0.15, 0.2) is 5.71 Å². The number of benzene rings is 2. The summed E-state index contributed by atoms with van der Waals surface area (Å²) in [7, 11) is -9.58. The molecular weight excluding hydrogens is 685 g/mol. The fourth-order valence-electron chi connectivity index (χ4n) is 3.69. The molecule has 18 nitrogen and oxygen atoms in total. The predicted molar refractivity (Wildman–Crippen MR) is 155 cm³/mol. The van der Waals surface area contributed by atoms with Gasteiger partial charge in [-0.2, -0.15) is 42.3 Å². The number of carboxylic acids is 1. The van der Waals surface area contributed by atoms with Crippen molar-refractivity contribution in [3.63, 3.8) is 0 Å². The molecule has 22 heteroatoms. The zero-order valence-corrected chi connectivity index (χ0v) is 25.1. The molecular formula is C23H17Cl2N7O11S2. The summed E-state index contributed by atoms with van der Waals surface area (Å²) in [5, 5.41) is 26.8. The van der Waals surface area contributed by atoms with Crippen LogP contribution in [-0.4, -0.2) is 70.4 Å². The molecule has 2 heterocycles. The van der Waals surface area contributed by atoms with Gasteiger partial charge in [0, 0.05) is 12.1 Å². The summed E-state index contributed by atoms with van der Waals surface area (Å²) >= 11 is 11.5. The van der Waals surface area contributed by atoms with E-state index in [1.165, 1.54) is 0 Å². The summed E-state index contributed by atoms with van der Waals surface area (Å²) in [6.07, 6.45) is 0.796. The molecule has 0 bridgehead atoms. The highest BCUT2D eigenvalue weighted by molar-refractivity contribution is 7.86. The van der Waals surface area contributed by atoms with Crippen LogP contribution in [0.2, 0.25) is 10.0 Å². The SMILES string of the molecule is O=C(CCn1ncc(Cl)c(Cl)c1=O)Nc1ccc(N=NC2C(=O)N(c3ccc(S(=O)(=O)O)cc3)N=C2C(=O)O)c(S(=O)(=O)O)c1. The van der Waals surface area contributed by atoms with E-state index in [4.69, 9.17) is 27.8 Å². The van der Waals surface area contributed by atoms with E-state index in [-0.39, 0.29) is 34.4 Å². The van der Waals surface area contributed by atoms with Gasteiger partial charge in [-0.3, -0.25) is 23.5 Å². The molecule has 0 aliphatic carbocycles. The van der Waals surface area contributed by atoms with Gasteiger partial charge in [-0.15, -0.1) is 0 Å². The molecule has 1 atom stereocenters. The highest BCUT2D eigenvalue weighted by atomic mass is 35.5. The van der Waals surface area contributed by atoms with Crippen LogP contribution < -0.4 is 15.9 Å². The van der Waals surface area contributed by atoms with Crippen molar-refractivity contribution in [3.8, 4) is 0 Å². The van der Waals surface area contributed by atoms with Crippen LogP contribution in [0.3, 0.4) is 0 Å². The summed E-state index contributed by atoms with van der Waals surface area (Å²) in [5.74, 6) is -3.45. The normalized spacial score (nSPS) is 15.4. The zero-order chi connectivity index (χ0) is 33.3. The largest absolute Gasteiger partial charge is 0.477 e. The summed E-state index contributed by atoms with van der Waals surface area (Å²) in [6.45, 7) is -0.219. The van der Waals surface area contributed by atoms with Crippen molar-refractivity contribution < 1.29 is 45.4 Å².